The van der Waals surface area contributed by atoms with Crippen LogP contribution in [-0.4, -0.2) is 25.2 Å². The molecule has 0 fully saturated rings. The van der Waals surface area contributed by atoms with E-state index in [2.05, 4.69) is 29.7 Å². The SMILES string of the molecule is CCOC(=O)CCCONC1Cc2ccccc2C1. The molecular weight excluding hydrogens is 242 g/mol. The molecule has 0 saturated carbocycles. The second kappa shape index (κ2) is 7.26. The number of ether oxygens (including phenoxy) is 1. The lowest BCUT2D eigenvalue weighted by Crippen LogP contribution is -2.30. The molecule has 104 valence electrons. The molecule has 1 aromatic rings. The van der Waals surface area contributed by atoms with Crippen LogP contribution in [0.25, 0.3) is 0 Å². The van der Waals surface area contributed by atoms with Gasteiger partial charge in [0.2, 0.25) is 0 Å². The number of hydroxylamine groups is 1. The van der Waals surface area contributed by atoms with Gasteiger partial charge >= 0.3 is 5.97 Å². The van der Waals surface area contributed by atoms with Crippen LogP contribution < -0.4 is 5.48 Å². The summed E-state index contributed by atoms with van der Waals surface area (Å²) in [6.07, 6.45) is 3.12. The van der Waals surface area contributed by atoms with Crippen molar-refractivity contribution < 1.29 is 14.4 Å². The minimum atomic E-state index is -0.153. The van der Waals surface area contributed by atoms with Crippen molar-refractivity contribution in [1.29, 1.82) is 0 Å². The van der Waals surface area contributed by atoms with E-state index < -0.39 is 0 Å². The quantitative estimate of drug-likeness (QED) is 0.464. The smallest absolute Gasteiger partial charge is 0.305 e. The number of hydrogen-bond donors (Lipinski definition) is 1. The third-order valence-corrected chi connectivity index (χ3v) is 3.23. The Morgan fingerprint density at radius 2 is 2.00 bits per heavy atom. The summed E-state index contributed by atoms with van der Waals surface area (Å²) < 4.78 is 4.85. The first-order valence-electron chi connectivity index (χ1n) is 6.89. The van der Waals surface area contributed by atoms with Crippen molar-refractivity contribution in [1.82, 2.24) is 5.48 Å². The summed E-state index contributed by atoms with van der Waals surface area (Å²) >= 11 is 0. The highest BCUT2D eigenvalue weighted by atomic mass is 16.6. The predicted octanol–water partition coefficient (Wildman–Crippen LogP) is 2.02. The zero-order valence-corrected chi connectivity index (χ0v) is 11.4. The Morgan fingerprint density at radius 3 is 2.63 bits per heavy atom. The summed E-state index contributed by atoms with van der Waals surface area (Å²) in [5.74, 6) is -0.153. The zero-order valence-electron chi connectivity index (χ0n) is 11.4. The molecule has 0 heterocycles. The second-order valence-corrected chi connectivity index (χ2v) is 4.75. The summed E-state index contributed by atoms with van der Waals surface area (Å²) in [6.45, 7) is 2.79. The van der Waals surface area contributed by atoms with Crippen LogP contribution in [0.2, 0.25) is 0 Å². The molecule has 0 amide bonds. The first kappa shape index (κ1) is 14.0. The van der Waals surface area contributed by atoms with Crippen LogP contribution >= 0.6 is 0 Å². The largest absolute Gasteiger partial charge is 0.466 e. The van der Waals surface area contributed by atoms with Crippen molar-refractivity contribution in [2.45, 2.75) is 38.6 Å². The van der Waals surface area contributed by atoms with Gasteiger partial charge in [-0.2, -0.15) is 5.48 Å². The van der Waals surface area contributed by atoms with Crippen LogP contribution in [0.15, 0.2) is 24.3 Å². The van der Waals surface area contributed by atoms with E-state index in [9.17, 15) is 4.79 Å². The van der Waals surface area contributed by atoms with Gasteiger partial charge in [0, 0.05) is 12.5 Å². The first-order valence-corrected chi connectivity index (χ1v) is 6.89. The summed E-state index contributed by atoms with van der Waals surface area (Å²) in [5, 5.41) is 0. The lowest BCUT2D eigenvalue weighted by molar-refractivity contribution is -0.143. The molecule has 1 aliphatic carbocycles. The second-order valence-electron chi connectivity index (χ2n) is 4.75. The molecule has 0 aliphatic heterocycles. The van der Waals surface area contributed by atoms with E-state index >= 15 is 0 Å². The van der Waals surface area contributed by atoms with E-state index in [-0.39, 0.29) is 5.97 Å². The molecule has 4 nitrogen and oxygen atoms in total. The fourth-order valence-corrected chi connectivity index (χ4v) is 2.34. The Labute approximate surface area is 114 Å². The number of fused-ring (bicyclic) bond motifs is 1. The highest BCUT2D eigenvalue weighted by Crippen LogP contribution is 2.21. The van der Waals surface area contributed by atoms with Gasteiger partial charge in [-0.15, -0.1) is 0 Å². The molecule has 19 heavy (non-hydrogen) atoms. The molecule has 1 aromatic carbocycles. The Balaban J connectivity index is 1.57. The molecular formula is C15H21NO3. The van der Waals surface area contributed by atoms with Crippen molar-refractivity contribution >= 4 is 5.97 Å². The topological polar surface area (TPSA) is 47.6 Å². The van der Waals surface area contributed by atoms with E-state index in [0.29, 0.717) is 32.1 Å². The number of benzene rings is 1. The monoisotopic (exact) mass is 263 g/mol. The van der Waals surface area contributed by atoms with Crippen LogP contribution in [0.5, 0.6) is 0 Å². The van der Waals surface area contributed by atoms with E-state index in [1.165, 1.54) is 11.1 Å². The number of hydrogen-bond acceptors (Lipinski definition) is 4. The third-order valence-electron chi connectivity index (χ3n) is 3.23. The number of rotatable bonds is 7. The van der Waals surface area contributed by atoms with Crippen molar-refractivity contribution in [3.8, 4) is 0 Å². The van der Waals surface area contributed by atoms with Gasteiger partial charge in [-0.1, -0.05) is 24.3 Å². The van der Waals surface area contributed by atoms with Gasteiger partial charge in [-0.05, 0) is 37.3 Å². The standard InChI is InChI=1S/C15H21NO3/c1-2-18-15(17)8-5-9-19-16-14-10-12-6-3-4-7-13(12)11-14/h3-4,6-7,14,16H,2,5,8-11H2,1H3. The van der Waals surface area contributed by atoms with Gasteiger partial charge < -0.3 is 9.57 Å². The van der Waals surface area contributed by atoms with Gasteiger partial charge in [-0.25, -0.2) is 0 Å². The minimum absolute atomic E-state index is 0.153. The number of carbonyl (C=O) groups excluding carboxylic acids is 1. The number of esters is 1. The fourth-order valence-electron chi connectivity index (χ4n) is 2.34. The van der Waals surface area contributed by atoms with E-state index in [1.807, 2.05) is 6.92 Å². The van der Waals surface area contributed by atoms with Gasteiger partial charge in [0.1, 0.15) is 0 Å². The van der Waals surface area contributed by atoms with Gasteiger partial charge in [0.05, 0.1) is 13.2 Å². The third kappa shape index (κ3) is 4.33. The first-order chi connectivity index (χ1) is 9.29. The Morgan fingerprint density at radius 1 is 1.32 bits per heavy atom. The highest BCUT2D eigenvalue weighted by Gasteiger charge is 2.20. The number of carbonyl (C=O) groups is 1. The molecule has 0 aromatic heterocycles. The molecule has 0 saturated heterocycles. The molecule has 0 spiro atoms. The average molecular weight is 263 g/mol. The van der Waals surface area contributed by atoms with Gasteiger partial charge in [0.15, 0.2) is 0 Å². The predicted molar refractivity (Wildman–Crippen MR) is 72.6 cm³/mol. The Hall–Kier alpha value is -1.39. The van der Waals surface area contributed by atoms with Crippen LogP contribution in [-0.2, 0) is 27.2 Å². The maximum atomic E-state index is 11.1. The maximum Gasteiger partial charge on any atom is 0.305 e. The van der Waals surface area contributed by atoms with Crippen molar-refractivity contribution in [3.05, 3.63) is 35.4 Å². The summed E-state index contributed by atoms with van der Waals surface area (Å²) in [6, 6.07) is 8.82. The van der Waals surface area contributed by atoms with Crippen molar-refractivity contribution in [2.75, 3.05) is 13.2 Å². The van der Waals surface area contributed by atoms with Crippen LogP contribution in [0.3, 0.4) is 0 Å². The van der Waals surface area contributed by atoms with Gasteiger partial charge in [0.25, 0.3) is 0 Å². The maximum absolute atomic E-state index is 11.1. The van der Waals surface area contributed by atoms with Gasteiger partial charge in [-0.3, -0.25) is 4.79 Å². The number of nitrogens with one attached hydrogen (secondary N) is 1. The summed E-state index contributed by atoms with van der Waals surface area (Å²) in [4.78, 5) is 16.5. The fraction of sp³-hybridized carbons (Fsp3) is 0.533. The van der Waals surface area contributed by atoms with Crippen LogP contribution in [0.4, 0.5) is 0 Å². The Bertz CT molecular complexity index is 395. The lowest BCUT2D eigenvalue weighted by Gasteiger charge is -2.11. The van der Waals surface area contributed by atoms with Crippen molar-refractivity contribution in [2.24, 2.45) is 0 Å². The molecule has 1 N–H and O–H groups in total. The van der Waals surface area contributed by atoms with E-state index in [1.54, 1.807) is 0 Å². The van der Waals surface area contributed by atoms with E-state index in [0.717, 1.165) is 12.8 Å². The molecule has 2 rings (SSSR count). The molecule has 0 unspecified atom stereocenters. The Kier molecular flexibility index (Phi) is 5.36. The molecule has 4 heteroatoms. The zero-order chi connectivity index (χ0) is 13.5. The molecule has 0 radical (unpaired) electrons. The van der Waals surface area contributed by atoms with Crippen LogP contribution in [0.1, 0.15) is 30.9 Å². The lowest BCUT2D eigenvalue weighted by atomic mass is 10.1. The van der Waals surface area contributed by atoms with Crippen molar-refractivity contribution in [3.63, 3.8) is 0 Å². The summed E-state index contributed by atoms with van der Waals surface area (Å²) in [5.41, 5.74) is 5.88. The molecule has 0 atom stereocenters. The highest BCUT2D eigenvalue weighted by molar-refractivity contribution is 5.69. The van der Waals surface area contributed by atoms with Crippen LogP contribution in [0, 0.1) is 0 Å². The minimum Gasteiger partial charge on any atom is -0.466 e. The normalized spacial score (nSPS) is 14.4. The summed E-state index contributed by atoms with van der Waals surface area (Å²) in [7, 11) is 0. The van der Waals surface area contributed by atoms with E-state index in [4.69, 9.17) is 9.57 Å². The molecule has 1 aliphatic rings. The molecule has 0 bridgehead atoms. The average Bonchev–Trinajstić information content (AvgIpc) is 2.81.